The fourth-order valence-electron chi connectivity index (χ4n) is 0. The zero-order valence-corrected chi connectivity index (χ0v) is 7.12. The first-order valence-electron chi connectivity index (χ1n) is 1.82. The van der Waals surface area contributed by atoms with Crippen LogP contribution in [0.5, 0.6) is 0 Å². The van der Waals surface area contributed by atoms with Crippen molar-refractivity contribution in [3.63, 3.8) is 0 Å². The second-order valence-corrected chi connectivity index (χ2v) is 0.983. The maximum atomic E-state index is 8.89. The molecule has 0 spiro atoms. The minimum atomic E-state index is -1.08. The van der Waals surface area contributed by atoms with Crippen LogP contribution in [0.4, 0.5) is 0 Å². The average molecular weight is 245 g/mol. The second kappa shape index (κ2) is 16.0. The van der Waals surface area contributed by atoms with Crippen LogP contribution in [0.3, 0.4) is 0 Å². The van der Waals surface area contributed by atoms with Crippen LogP contribution >= 0.6 is 0 Å². The Hall–Kier alpha value is -0.0210. The van der Waals surface area contributed by atoms with Gasteiger partial charge < -0.3 is 19.8 Å². The zero-order valence-electron chi connectivity index (χ0n) is 5.24. The smallest absolute Gasteiger partial charge is 0.550 e. The fourth-order valence-corrected chi connectivity index (χ4v) is 0. The molecule has 0 saturated heterocycles. The van der Waals surface area contributed by atoms with Crippen LogP contribution < -0.4 is 10.2 Å². The summed E-state index contributed by atoms with van der Waals surface area (Å²) in [7, 11) is 0. The predicted octanol–water partition coefficient (Wildman–Crippen LogP) is -2.49. The van der Waals surface area contributed by atoms with Gasteiger partial charge in [-0.3, -0.25) is 0 Å². The third-order valence-corrected chi connectivity index (χ3v) is 0. The maximum Gasteiger partial charge on any atom is 2.00 e. The van der Waals surface area contributed by atoms with Crippen LogP contribution in [-0.2, 0) is 43.7 Å². The molecule has 0 aromatic carbocycles. The first kappa shape index (κ1) is 22.5. The van der Waals surface area contributed by atoms with E-state index in [1.165, 1.54) is 0 Å². The van der Waals surface area contributed by atoms with Crippen LogP contribution in [0.25, 0.3) is 0 Å². The normalized spacial score (nSPS) is 5.00. The molecule has 6 heteroatoms. The second-order valence-electron chi connectivity index (χ2n) is 0.983. The Morgan fingerprint density at radius 1 is 1.00 bits per heavy atom. The molecule has 2 radical (unpaired) electrons. The van der Waals surface area contributed by atoms with Crippen LogP contribution in [0.2, 0.25) is 0 Å². The Balaban J connectivity index is -0.0000000300. The molecule has 0 amide bonds. The molecule has 4 nitrogen and oxygen atoms in total. The topological polar surface area (TPSA) is 80.3 Å². The van der Waals surface area contributed by atoms with Crippen molar-refractivity contribution in [2.45, 2.75) is 13.8 Å². The number of hydrogen-bond donors (Lipinski definition) is 0. The predicted molar refractivity (Wildman–Crippen MR) is 21.4 cm³/mol. The SMILES string of the molecule is CC(=O)[O-].CC(=O)[O-].[Cu+2].[Cu]. The molecular weight excluding hydrogens is 239 g/mol. The molecule has 0 aromatic heterocycles. The van der Waals surface area contributed by atoms with Gasteiger partial charge in [0.25, 0.3) is 0 Å². The van der Waals surface area contributed by atoms with Crippen LogP contribution in [0, 0.1) is 0 Å². The van der Waals surface area contributed by atoms with Gasteiger partial charge in [0.15, 0.2) is 0 Å². The van der Waals surface area contributed by atoms with E-state index in [4.69, 9.17) is 19.8 Å². The van der Waals surface area contributed by atoms with Gasteiger partial charge in [-0.1, -0.05) is 0 Å². The van der Waals surface area contributed by atoms with E-state index >= 15 is 0 Å². The van der Waals surface area contributed by atoms with Crippen LogP contribution in [-0.4, -0.2) is 11.9 Å². The molecule has 0 aliphatic rings. The van der Waals surface area contributed by atoms with E-state index in [0.717, 1.165) is 13.8 Å². The summed E-state index contributed by atoms with van der Waals surface area (Å²) >= 11 is 0. The molecule has 0 bridgehead atoms. The van der Waals surface area contributed by atoms with Crippen molar-refractivity contribution in [3.8, 4) is 0 Å². The Bertz CT molecular complexity index is 73.3. The molecule has 0 fully saturated rings. The summed E-state index contributed by atoms with van der Waals surface area (Å²) in [5.74, 6) is -2.17. The van der Waals surface area contributed by atoms with E-state index in [0.29, 0.717) is 0 Å². The number of carbonyl (C=O) groups is 2. The molecule has 0 rings (SSSR count). The third kappa shape index (κ3) is 878000. The monoisotopic (exact) mass is 244 g/mol. The standard InChI is InChI=1S/2C2H4O2.2Cu/c2*1-2(3)4;;/h2*1H3,(H,3,4);;/q;;;+2/p-2. The summed E-state index contributed by atoms with van der Waals surface area (Å²) in [6.07, 6.45) is 0. The first-order valence-corrected chi connectivity index (χ1v) is 1.82. The number of carboxylic acids is 2. The van der Waals surface area contributed by atoms with E-state index < -0.39 is 11.9 Å². The Morgan fingerprint density at radius 2 is 1.00 bits per heavy atom. The van der Waals surface area contributed by atoms with E-state index in [1.807, 2.05) is 0 Å². The van der Waals surface area contributed by atoms with Gasteiger partial charge in [0.1, 0.15) is 0 Å². The van der Waals surface area contributed by atoms with Crippen LogP contribution in [0.15, 0.2) is 0 Å². The number of carbonyl (C=O) groups excluding carboxylic acids is 2. The van der Waals surface area contributed by atoms with Gasteiger partial charge in [0.2, 0.25) is 0 Å². The van der Waals surface area contributed by atoms with Gasteiger partial charge in [-0.05, 0) is 13.8 Å². The molecule has 0 heterocycles. The van der Waals surface area contributed by atoms with Gasteiger partial charge in [0, 0.05) is 29.0 Å². The average Bonchev–Trinajstić information content (AvgIpc) is 1.25. The van der Waals surface area contributed by atoms with Crippen molar-refractivity contribution < 1.29 is 53.9 Å². The van der Waals surface area contributed by atoms with Gasteiger partial charge in [0.05, 0.1) is 0 Å². The number of carboxylic acid groups (broad SMARTS) is 2. The minimum Gasteiger partial charge on any atom is -0.550 e. The number of hydrogen-bond acceptors (Lipinski definition) is 4. The molecule has 0 aliphatic carbocycles. The molecule has 0 saturated carbocycles. The Labute approximate surface area is 79.9 Å². The molecule has 0 atom stereocenters. The van der Waals surface area contributed by atoms with Gasteiger partial charge in [-0.2, -0.15) is 0 Å². The summed E-state index contributed by atoms with van der Waals surface area (Å²) in [5.41, 5.74) is 0. The van der Waals surface area contributed by atoms with Crippen molar-refractivity contribution in [3.05, 3.63) is 0 Å². The van der Waals surface area contributed by atoms with Gasteiger partial charge in [-0.15, -0.1) is 0 Å². The summed E-state index contributed by atoms with van der Waals surface area (Å²) in [4.78, 5) is 17.8. The van der Waals surface area contributed by atoms with Crippen molar-refractivity contribution in [2.75, 3.05) is 0 Å². The fraction of sp³-hybridized carbons (Fsp3) is 0.500. The van der Waals surface area contributed by atoms with Crippen molar-refractivity contribution in [1.29, 1.82) is 0 Å². The molecule has 0 aromatic rings. The van der Waals surface area contributed by atoms with E-state index in [1.54, 1.807) is 0 Å². The van der Waals surface area contributed by atoms with E-state index in [9.17, 15) is 0 Å². The summed E-state index contributed by atoms with van der Waals surface area (Å²) in [6, 6.07) is 0. The molecule has 0 N–H and O–H groups in total. The van der Waals surface area contributed by atoms with Crippen LogP contribution in [0.1, 0.15) is 13.8 Å². The van der Waals surface area contributed by atoms with Crippen molar-refractivity contribution in [2.24, 2.45) is 0 Å². The van der Waals surface area contributed by atoms with E-state index in [2.05, 4.69) is 0 Å². The van der Waals surface area contributed by atoms with Gasteiger partial charge in [-0.25, -0.2) is 0 Å². The summed E-state index contributed by atoms with van der Waals surface area (Å²) in [5, 5.41) is 17.8. The third-order valence-electron chi connectivity index (χ3n) is 0. The molecule has 0 unspecified atom stereocenters. The van der Waals surface area contributed by atoms with E-state index in [-0.39, 0.29) is 34.1 Å². The quantitative estimate of drug-likeness (QED) is 0.442. The number of aliphatic carboxylic acids is 2. The number of rotatable bonds is 0. The van der Waals surface area contributed by atoms with Gasteiger partial charge >= 0.3 is 17.1 Å². The summed E-state index contributed by atoms with van der Waals surface area (Å²) in [6.45, 7) is 1.94. The molecule has 68 valence electrons. The summed E-state index contributed by atoms with van der Waals surface area (Å²) < 4.78 is 0. The maximum absolute atomic E-state index is 8.89. The van der Waals surface area contributed by atoms with Crippen molar-refractivity contribution in [1.82, 2.24) is 0 Å². The first-order chi connectivity index (χ1) is 3.46. The Morgan fingerprint density at radius 3 is 1.00 bits per heavy atom. The largest absolute Gasteiger partial charge is 2.00 e. The minimum absolute atomic E-state index is 0. The molecular formula is C4H6Cu2O4. The zero-order chi connectivity index (χ0) is 7.15. The van der Waals surface area contributed by atoms with Crippen molar-refractivity contribution >= 4 is 11.9 Å². The Kier molecular flexibility index (Phi) is 36.0. The molecule has 0 aliphatic heterocycles. The molecule has 10 heavy (non-hydrogen) atoms.